The van der Waals surface area contributed by atoms with Crippen LogP contribution in [-0.2, 0) is 19.4 Å². The first-order valence-corrected chi connectivity index (χ1v) is 6.26. The Bertz CT molecular complexity index is 479. The molecule has 0 saturated heterocycles. The van der Waals surface area contributed by atoms with Gasteiger partial charge >= 0.3 is 0 Å². The molecule has 0 spiro atoms. The van der Waals surface area contributed by atoms with Crippen LogP contribution in [0.15, 0.2) is 36.4 Å². The molecule has 18 heavy (non-hydrogen) atoms. The first kappa shape index (κ1) is 12.6. The smallest absolute Gasteiger partial charge is 0.122 e. The molecule has 0 radical (unpaired) electrons. The highest BCUT2D eigenvalue weighted by atomic mass is 16.3. The van der Waals surface area contributed by atoms with Gasteiger partial charge in [0.1, 0.15) is 5.82 Å². The van der Waals surface area contributed by atoms with Crippen molar-refractivity contribution in [3.05, 3.63) is 47.7 Å². The van der Waals surface area contributed by atoms with Crippen molar-refractivity contribution in [3.63, 3.8) is 0 Å². The molecule has 2 rings (SSSR count). The highest BCUT2D eigenvalue weighted by molar-refractivity contribution is 5.30. The molecule has 0 bridgehead atoms. The Kier molecular flexibility index (Phi) is 4.36. The summed E-state index contributed by atoms with van der Waals surface area (Å²) in [4.78, 5) is 0. The average molecular weight is 245 g/mol. The van der Waals surface area contributed by atoms with Crippen molar-refractivity contribution >= 4 is 5.82 Å². The van der Waals surface area contributed by atoms with E-state index in [1.54, 1.807) is 4.68 Å². The third-order valence-corrected chi connectivity index (χ3v) is 2.91. The van der Waals surface area contributed by atoms with Gasteiger partial charge in [0.15, 0.2) is 0 Å². The Morgan fingerprint density at radius 3 is 2.67 bits per heavy atom. The minimum atomic E-state index is 0.0648. The van der Waals surface area contributed by atoms with Gasteiger partial charge in [-0.15, -0.1) is 0 Å². The molecule has 0 amide bonds. The maximum atomic E-state index is 8.86. The molecule has 4 heteroatoms. The monoisotopic (exact) mass is 245 g/mol. The van der Waals surface area contributed by atoms with Crippen molar-refractivity contribution in [2.24, 2.45) is 0 Å². The molecular weight excluding hydrogens is 226 g/mol. The zero-order valence-electron chi connectivity index (χ0n) is 10.4. The summed E-state index contributed by atoms with van der Waals surface area (Å²) in [5, 5.41) is 13.2. The Morgan fingerprint density at radius 1 is 1.17 bits per heavy atom. The van der Waals surface area contributed by atoms with Crippen LogP contribution in [0.2, 0.25) is 0 Å². The normalized spacial score (nSPS) is 10.7. The largest absolute Gasteiger partial charge is 0.394 e. The van der Waals surface area contributed by atoms with E-state index in [1.165, 1.54) is 5.56 Å². The maximum Gasteiger partial charge on any atom is 0.122 e. The second-order valence-corrected chi connectivity index (χ2v) is 4.35. The Labute approximate surface area is 107 Å². The van der Waals surface area contributed by atoms with Crippen LogP contribution in [0.5, 0.6) is 0 Å². The first-order valence-electron chi connectivity index (χ1n) is 6.26. The number of nitrogens with two attached hydrogens (primary N) is 1. The molecule has 0 atom stereocenters. The maximum absolute atomic E-state index is 8.86. The second-order valence-electron chi connectivity index (χ2n) is 4.35. The molecular formula is C14H19N3O. The van der Waals surface area contributed by atoms with Gasteiger partial charge in [0.05, 0.1) is 18.8 Å². The van der Waals surface area contributed by atoms with Crippen LogP contribution in [0.4, 0.5) is 5.82 Å². The molecule has 0 aliphatic heterocycles. The molecule has 0 fully saturated rings. The number of benzene rings is 1. The van der Waals surface area contributed by atoms with E-state index < -0.39 is 0 Å². The first-order chi connectivity index (χ1) is 8.79. The van der Waals surface area contributed by atoms with Crippen LogP contribution < -0.4 is 5.73 Å². The predicted molar refractivity (Wildman–Crippen MR) is 72.2 cm³/mol. The van der Waals surface area contributed by atoms with E-state index in [1.807, 2.05) is 12.1 Å². The SMILES string of the molecule is Nc1cc(CCCc2ccccc2)nn1CCO. The number of nitrogen functional groups attached to an aromatic ring is 1. The predicted octanol–water partition coefficient (Wildman–Crippen LogP) is 1.63. The molecule has 0 saturated carbocycles. The standard InChI is InChI=1S/C14H19N3O/c15-14-11-13(16-17(14)9-10-18)8-4-7-12-5-2-1-3-6-12/h1-3,5-6,11,18H,4,7-10,15H2. The van der Waals surface area contributed by atoms with Gasteiger partial charge in [0.2, 0.25) is 0 Å². The van der Waals surface area contributed by atoms with Crippen molar-refractivity contribution in [3.8, 4) is 0 Å². The zero-order chi connectivity index (χ0) is 12.8. The lowest BCUT2D eigenvalue weighted by Gasteiger charge is -2.00. The molecule has 1 aromatic carbocycles. The molecule has 4 nitrogen and oxygen atoms in total. The lowest BCUT2D eigenvalue weighted by molar-refractivity contribution is 0.270. The van der Waals surface area contributed by atoms with Crippen molar-refractivity contribution in [2.45, 2.75) is 25.8 Å². The van der Waals surface area contributed by atoms with Crippen LogP contribution >= 0.6 is 0 Å². The Hall–Kier alpha value is -1.81. The molecule has 1 aromatic heterocycles. The van der Waals surface area contributed by atoms with Gasteiger partial charge in [-0.2, -0.15) is 5.10 Å². The molecule has 2 aromatic rings. The molecule has 0 aliphatic rings. The zero-order valence-corrected chi connectivity index (χ0v) is 10.4. The summed E-state index contributed by atoms with van der Waals surface area (Å²) < 4.78 is 1.65. The van der Waals surface area contributed by atoms with Crippen molar-refractivity contribution in [1.82, 2.24) is 9.78 Å². The van der Waals surface area contributed by atoms with Gasteiger partial charge in [-0.25, -0.2) is 4.68 Å². The van der Waals surface area contributed by atoms with E-state index in [-0.39, 0.29) is 6.61 Å². The van der Waals surface area contributed by atoms with E-state index in [0.717, 1.165) is 25.0 Å². The van der Waals surface area contributed by atoms with E-state index in [4.69, 9.17) is 10.8 Å². The van der Waals surface area contributed by atoms with Gasteiger partial charge in [0.25, 0.3) is 0 Å². The van der Waals surface area contributed by atoms with Gasteiger partial charge < -0.3 is 10.8 Å². The third kappa shape index (κ3) is 3.34. The summed E-state index contributed by atoms with van der Waals surface area (Å²) in [6, 6.07) is 12.3. The number of aliphatic hydroxyl groups is 1. The summed E-state index contributed by atoms with van der Waals surface area (Å²) in [5.74, 6) is 0.624. The fourth-order valence-corrected chi connectivity index (χ4v) is 2.00. The minimum Gasteiger partial charge on any atom is -0.394 e. The summed E-state index contributed by atoms with van der Waals surface area (Å²) in [5.41, 5.74) is 8.14. The van der Waals surface area contributed by atoms with Crippen LogP contribution in [0.1, 0.15) is 17.7 Å². The van der Waals surface area contributed by atoms with Gasteiger partial charge in [0, 0.05) is 6.07 Å². The van der Waals surface area contributed by atoms with E-state index >= 15 is 0 Å². The number of rotatable bonds is 6. The third-order valence-electron chi connectivity index (χ3n) is 2.91. The number of anilines is 1. The second kappa shape index (κ2) is 6.21. The number of nitrogens with zero attached hydrogens (tertiary/aromatic N) is 2. The highest BCUT2D eigenvalue weighted by Crippen LogP contribution is 2.10. The number of aliphatic hydroxyl groups excluding tert-OH is 1. The van der Waals surface area contributed by atoms with Crippen molar-refractivity contribution in [2.75, 3.05) is 12.3 Å². The molecule has 0 unspecified atom stereocenters. The van der Waals surface area contributed by atoms with E-state index in [9.17, 15) is 0 Å². The molecule has 0 aliphatic carbocycles. The van der Waals surface area contributed by atoms with E-state index in [0.29, 0.717) is 12.4 Å². The van der Waals surface area contributed by atoms with E-state index in [2.05, 4.69) is 29.4 Å². The van der Waals surface area contributed by atoms with Crippen LogP contribution in [0.3, 0.4) is 0 Å². The van der Waals surface area contributed by atoms with Crippen LogP contribution in [-0.4, -0.2) is 21.5 Å². The van der Waals surface area contributed by atoms with Crippen LogP contribution in [0, 0.1) is 0 Å². The molecule has 3 N–H and O–H groups in total. The number of aromatic nitrogens is 2. The van der Waals surface area contributed by atoms with Crippen molar-refractivity contribution < 1.29 is 5.11 Å². The minimum absolute atomic E-state index is 0.0648. The molecule has 1 heterocycles. The summed E-state index contributed by atoms with van der Waals surface area (Å²) in [6.45, 7) is 0.528. The average Bonchev–Trinajstić information content (AvgIpc) is 2.72. The van der Waals surface area contributed by atoms with Crippen LogP contribution in [0.25, 0.3) is 0 Å². The van der Waals surface area contributed by atoms with Crippen molar-refractivity contribution in [1.29, 1.82) is 0 Å². The Morgan fingerprint density at radius 2 is 1.94 bits per heavy atom. The summed E-state index contributed by atoms with van der Waals surface area (Å²) >= 11 is 0. The summed E-state index contributed by atoms with van der Waals surface area (Å²) in [7, 11) is 0. The number of aryl methyl sites for hydroxylation is 2. The lowest BCUT2D eigenvalue weighted by atomic mass is 10.1. The Balaban J connectivity index is 1.85. The number of hydrogen-bond donors (Lipinski definition) is 2. The molecule has 96 valence electrons. The lowest BCUT2D eigenvalue weighted by Crippen LogP contribution is -2.07. The fraction of sp³-hybridized carbons (Fsp3) is 0.357. The van der Waals surface area contributed by atoms with Gasteiger partial charge in [-0.3, -0.25) is 0 Å². The summed E-state index contributed by atoms with van der Waals surface area (Å²) in [6.07, 6.45) is 3.02. The highest BCUT2D eigenvalue weighted by Gasteiger charge is 2.04. The topological polar surface area (TPSA) is 64.1 Å². The quantitative estimate of drug-likeness (QED) is 0.813. The fourth-order valence-electron chi connectivity index (χ4n) is 2.00. The van der Waals surface area contributed by atoms with Gasteiger partial charge in [-0.05, 0) is 24.8 Å². The van der Waals surface area contributed by atoms with Gasteiger partial charge in [-0.1, -0.05) is 30.3 Å². The number of hydrogen-bond acceptors (Lipinski definition) is 3.